The van der Waals surface area contributed by atoms with Gasteiger partial charge in [0.15, 0.2) is 5.65 Å². The van der Waals surface area contributed by atoms with Gasteiger partial charge in [-0.1, -0.05) is 22.6 Å². The molecule has 5 rings (SSSR count). The Balaban J connectivity index is 1.69. The number of nitrogens with zero attached hydrogens (tertiary/aromatic N) is 4. The van der Waals surface area contributed by atoms with Crippen molar-refractivity contribution < 1.29 is 4.42 Å². The standard InChI is InChI=1S/C19H16BBrIN5O/c20-14-11-7-24-6-5-13(11)28-17(14)12-8-25-27-18(23)15(21)16(26-19(12)27)9-1-3-10(22)4-2-9/h5-10H,1-4,23H2. The van der Waals surface area contributed by atoms with E-state index in [2.05, 4.69) is 48.6 Å². The van der Waals surface area contributed by atoms with E-state index in [1.807, 2.05) is 0 Å². The highest BCUT2D eigenvalue weighted by atomic mass is 127. The van der Waals surface area contributed by atoms with Crippen LogP contribution < -0.4 is 11.2 Å². The van der Waals surface area contributed by atoms with Gasteiger partial charge in [-0.05, 0) is 53.1 Å². The van der Waals surface area contributed by atoms with Crippen LogP contribution in [0.1, 0.15) is 37.3 Å². The number of anilines is 1. The predicted molar refractivity (Wildman–Crippen MR) is 123 cm³/mol. The Bertz CT molecular complexity index is 1200. The molecule has 0 bridgehead atoms. The molecular weight excluding hydrogens is 532 g/mol. The van der Waals surface area contributed by atoms with E-state index in [0.29, 0.717) is 34.2 Å². The number of alkyl halides is 1. The summed E-state index contributed by atoms with van der Waals surface area (Å²) < 4.78 is 9.21. The molecule has 0 spiro atoms. The summed E-state index contributed by atoms with van der Waals surface area (Å²) in [6.07, 6.45) is 9.70. The summed E-state index contributed by atoms with van der Waals surface area (Å²) in [6, 6.07) is 1.80. The molecule has 1 aliphatic rings. The zero-order valence-corrected chi connectivity index (χ0v) is 18.6. The molecule has 0 aromatic carbocycles. The molecule has 0 atom stereocenters. The lowest BCUT2D eigenvalue weighted by Crippen LogP contribution is -2.16. The second-order valence-corrected chi connectivity index (χ2v) is 9.71. The van der Waals surface area contributed by atoms with Crippen LogP contribution in [-0.2, 0) is 0 Å². The Morgan fingerprint density at radius 3 is 2.79 bits per heavy atom. The van der Waals surface area contributed by atoms with E-state index in [1.165, 1.54) is 12.8 Å². The van der Waals surface area contributed by atoms with Crippen molar-refractivity contribution in [2.24, 2.45) is 0 Å². The topological polar surface area (TPSA) is 82.2 Å². The first kappa shape index (κ1) is 18.4. The van der Waals surface area contributed by atoms with Crippen molar-refractivity contribution in [2.45, 2.75) is 35.5 Å². The molecular formula is C19H16BBrIN5O. The Labute approximate surface area is 185 Å². The van der Waals surface area contributed by atoms with E-state index in [4.69, 9.17) is 23.0 Å². The van der Waals surface area contributed by atoms with Crippen LogP contribution in [-0.4, -0.2) is 31.4 Å². The van der Waals surface area contributed by atoms with Gasteiger partial charge in [0.1, 0.15) is 25.0 Å². The highest BCUT2D eigenvalue weighted by Gasteiger charge is 2.27. The molecule has 140 valence electrons. The first-order valence-electron chi connectivity index (χ1n) is 9.13. The third kappa shape index (κ3) is 2.85. The molecule has 1 saturated carbocycles. The molecule has 0 saturated heterocycles. The average molecular weight is 548 g/mol. The fourth-order valence-corrected chi connectivity index (χ4v) is 5.23. The molecule has 4 aromatic heterocycles. The molecule has 9 heteroatoms. The molecule has 0 amide bonds. The minimum Gasteiger partial charge on any atom is -0.456 e. The molecule has 2 radical (unpaired) electrons. The third-order valence-corrected chi connectivity index (χ3v) is 7.52. The van der Waals surface area contributed by atoms with Crippen molar-refractivity contribution in [3.05, 3.63) is 34.8 Å². The third-order valence-electron chi connectivity index (χ3n) is 5.46. The van der Waals surface area contributed by atoms with Crippen molar-refractivity contribution in [1.29, 1.82) is 0 Å². The number of furan rings is 1. The number of pyridine rings is 1. The van der Waals surface area contributed by atoms with E-state index >= 15 is 0 Å². The lowest BCUT2D eigenvalue weighted by molar-refractivity contribution is 0.453. The van der Waals surface area contributed by atoms with Gasteiger partial charge in [0.2, 0.25) is 0 Å². The minimum absolute atomic E-state index is 0.382. The van der Waals surface area contributed by atoms with Crippen molar-refractivity contribution in [1.82, 2.24) is 19.6 Å². The molecule has 2 N–H and O–H groups in total. The van der Waals surface area contributed by atoms with Crippen LogP contribution >= 0.6 is 38.5 Å². The largest absolute Gasteiger partial charge is 0.456 e. The Hall–Kier alpha value is -1.62. The number of fused-ring (bicyclic) bond motifs is 2. The summed E-state index contributed by atoms with van der Waals surface area (Å²) in [5.41, 5.74) is 10.0. The summed E-state index contributed by atoms with van der Waals surface area (Å²) in [5, 5.41) is 5.21. The van der Waals surface area contributed by atoms with Crippen LogP contribution in [0, 0.1) is 0 Å². The van der Waals surface area contributed by atoms with Crippen LogP contribution in [0.3, 0.4) is 0 Å². The Kier molecular flexibility index (Phi) is 4.61. The van der Waals surface area contributed by atoms with Crippen molar-refractivity contribution in [3.63, 3.8) is 0 Å². The number of halogens is 2. The summed E-state index contributed by atoms with van der Waals surface area (Å²) in [5.74, 6) is 1.47. The van der Waals surface area contributed by atoms with Crippen LogP contribution in [0.15, 0.2) is 33.5 Å². The van der Waals surface area contributed by atoms with E-state index in [-0.39, 0.29) is 0 Å². The second-order valence-electron chi connectivity index (χ2n) is 7.16. The number of hydrogen-bond donors (Lipinski definition) is 1. The number of rotatable bonds is 2. The number of hydrogen-bond acceptors (Lipinski definition) is 5. The lowest BCUT2D eigenvalue weighted by atomic mass is 9.86. The predicted octanol–water partition coefficient (Wildman–Crippen LogP) is 4.14. The highest BCUT2D eigenvalue weighted by Crippen LogP contribution is 2.40. The first-order valence-corrected chi connectivity index (χ1v) is 11.2. The maximum Gasteiger partial charge on any atom is 0.168 e. The summed E-state index contributed by atoms with van der Waals surface area (Å²) in [7, 11) is 6.35. The smallest absolute Gasteiger partial charge is 0.168 e. The van der Waals surface area contributed by atoms with Crippen molar-refractivity contribution >= 4 is 74.3 Å². The number of nitrogens with two attached hydrogens (primary N) is 1. The Morgan fingerprint density at radius 2 is 2.04 bits per heavy atom. The van der Waals surface area contributed by atoms with Gasteiger partial charge in [-0.25, -0.2) is 4.98 Å². The van der Waals surface area contributed by atoms with Crippen LogP contribution in [0.2, 0.25) is 0 Å². The highest BCUT2D eigenvalue weighted by molar-refractivity contribution is 14.1. The molecule has 4 aromatic rings. The summed E-state index contributed by atoms with van der Waals surface area (Å²) in [6.45, 7) is 0. The molecule has 1 fully saturated rings. The zero-order valence-electron chi connectivity index (χ0n) is 14.9. The van der Waals surface area contributed by atoms with E-state index in [0.717, 1.165) is 37.9 Å². The number of nitrogen functional groups attached to an aromatic ring is 1. The van der Waals surface area contributed by atoms with E-state index in [1.54, 1.807) is 29.2 Å². The van der Waals surface area contributed by atoms with Gasteiger partial charge in [0.05, 0.1) is 21.9 Å². The molecule has 0 unspecified atom stereocenters. The summed E-state index contributed by atoms with van der Waals surface area (Å²) >= 11 is 6.19. The van der Waals surface area contributed by atoms with Crippen molar-refractivity contribution in [2.75, 3.05) is 5.73 Å². The van der Waals surface area contributed by atoms with Gasteiger partial charge in [-0.2, -0.15) is 9.61 Å². The van der Waals surface area contributed by atoms with Gasteiger partial charge in [0.25, 0.3) is 0 Å². The van der Waals surface area contributed by atoms with Gasteiger partial charge in [0, 0.05) is 27.6 Å². The van der Waals surface area contributed by atoms with Gasteiger partial charge in [-0.15, -0.1) is 0 Å². The van der Waals surface area contributed by atoms with E-state index < -0.39 is 0 Å². The monoisotopic (exact) mass is 547 g/mol. The Morgan fingerprint density at radius 1 is 1.25 bits per heavy atom. The lowest BCUT2D eigenvalue weighted by Gasteiger charge is -2.26. The minimum atomic E-state index is 0.382. The van der Waals surface area contributed by atoms with Crippen molar-refractivity contribution in [3.8, 4) is 11.3 Å². The van der Waals surface area contributed by atoms with Crippen LogP contribution in [0.25, 0.3) is 27.9 Å². The number of aromatic nitrogens is 4. The fraction of sp³-hybridized carbons (Fsp3) is 0.316. The molecule has 0 aliphatic heterocycles. The van der Waals surface area contributed by atoms with Gasteiger partial charge >= 0.3 is 0 Å². The maximum atomic E-state index is 6.40. The normalized spacial score (nSPS) is 20.2. The second kappa shape index (κ2) is 7.02. The molecule has 4 heterocycles. The molecule has 1 aliphatic carbocycles. The maximum absolute atomic E-state index is 6.40. The quantitative estimate of drug-likeness (QED) is 0.232. The fourth-order valence-electron chi connectivity index (χ4n) is 3.93. The van der Waals surface area contributed by atoms with Crippen LogP contribution in [0.5, 0.6) is 0 Å². The van der Waals surface area contributed by atoms with Gasteiger partial charge in [-0.3, -0.25) is 4.98 Å². The molecule has 28 heavy (non-hydrogen) atoms. The van der Waals surface area contributed by atoms with E-state index in [9.17, 15) is 0 Å². The first-order chi connectivity index (χ1) is 13.5. The van der Waals surface area contributed by atoms with Gasteiger partial charge < -0.3 is 10.2 Å². The zero-order chi connectivity index (χ0) is 19.4. The molecule has 6 nitrogen and oxygen atoms in total. The van der Waals surface area contributed by atoms with Crippen LogP contribution in [0.4, 0.5) is 5.82 Å². The average Bonchev–Trinajstić information content (AvgIpc) is 3.27. The summed E-state index contributed by atoms with van der Waals surface area (Å²) in [4.78, 5) is 9.11. The SMILES string of the molecule is [B]c1c(-c2cnn3c(N)c(Br)c(C4CCC(I)CC4)nc23)oc2ccncc12.